The molecular weight excluding hydrogens is 371 g/mol. The minimum Gasteiger partial charge on any atom is -0.360 e. The summed E-state index contributed by atoms with van der Waals surface area (Å²) in [4.78, 5) is 14.3. The number of sulfonamides is 1. The minimum absolute atomic E-state index is 0.0419. The fourth-order valence-corrected chi connectivity index (χ4v) is 5.27. The summed E-state index contributed by atoms with van der Waals surface area (Å²) in [5, 5.41) is 2.94. The first-order valence-electron chi connectivity index (χ1n) is 8.10. The summed E-state index contributed by atoms with van der Waals surface area (Å²) in [5.74, 6) is -0.0419. The van der Waals surface area contributed by atoms with Gasteiger partial charge in [0, 0.05) is 29.7 Å². The number of carbonyl (C=O) groups is 1. The van der Waals surface area contributed by atoms with Crippen molar-refractivity contribution in [2.75, 3.05) is 6.54 Å². The number of alkyl halides is 3. The molecule has 0 bridgehead atoms. The number of hydrogen-bond acceptors (Lipinski definition) is 3. The summed E-state index contributed by atoms with van der Waals surface area (Å²) in [7, 11) is -3.91. The van der Waals surface area contributed by atoms with Crippen LogP contribution in [-0.2, 0) is 21.0 Å². The van der Waals surface area contributed by atoms with Crippen molar-refractivity contribution in [1.82, 2.24) is 15.0 Å². The molecule has 10 heteroatoms. The van der Waals surface area contributed by atoms with Crippen molar-refractivity contribution in [1.29, 1.82) is 0 Å². The fourth-order valence-electron chi connectivity index (χ4n) is 3.85. The molecule has 2 aliphatic rings. The van der Waals surface area contributed by atoms with E-state index >= 15 is 0 Å². The lowest BCUT2D eigenvalue weighted by atomic mass is 9.65. The molecule has 2 aromatic rings. The maximum absolute atomic E-state index is 12.8. The summed E-state index contributed by atoms with van der Waals surface area (Å²) in [6.45, 7) is 0.599. The highest BCUT2D eigenvalue weighted by atomic mass is 32.2. The Kier molecular flexibility index (Phi) is 3.65. The van der Waals surface area contributed by atoms with E-state index in [1.54, 1.807) is 0 Å². The number of benzene rings is 1. The van der Waals surface area contributed by atoms with Crippen molar-refractivity contribution in [3.8, 4) is 0 Å². The van der Waals surface area contributed by atoms with E-state index in [2.05, 4.69) is 15.0 Å². The Balaban J connectivity index is 1.56. The number of amides is 1. The molecule has 1 aliphatic heterocycles. The first-order chi connectivity index (χ1) is 12.1. The fraction of sp³-hybridized carbons (Fsp3) is 0.438. The monoisotopic (exact) mass is 387 g/mol. The summed E-state index contributed by atoms with van der Waals surface area (Å²) < 4.78 is 66.1. The Morgan fingerprint density at radius 2 is 1.96 bits per heavy atom. The highest BCUT2D eigenvalue weighted by Gasteiger charge is 2.53. The molecule has 2 fully saturated rings. The van der Waals surface area contributed by atoms with Gasteiger partial charge in [-0.3, -0.25) is 4.79 Å². The van der Waals surface area contributed by atoms with E-state index < -0.39 is 27.2 Å². The van der Waals surface area contributed by atoms with E-state index in [-0.39, 0.29) is 27.7 Å². The molecule has 4 rings (SSSR count). The van der Waals surface area contributed by atoms with Gasteiger partial charge in [0.1, 0.15) is 4.90 Å². The molecule has 2 heterocycles. The van der Waals surface area contributed by atoms with Gasteiger partial charge >= 0.3 is 6.18 Å². The average molecular weight is 387 g/mol. The largest absolute Gasteiger partial charge is 0.416 e. The Bertz CT molecular complexity index is 991. The van der Waals surface area contributed by atoms with Crippen molar-refractivity contribution >= 4 is 26.8 Å². The molecular formula is C16H16F3N3O3S. The third kappa shape index (κ3) is 2.67. The number of H-pyrrole nitrogens is 1. The zero-order valence-corrected chi connectivity index (χ0v) is 14.3. The standard InChI is InChI=1S/C16H16F3N3O3S/c17-16(18,19)9-1-2-11-12(5-9)21-8-13(11)26(24,25)22-10-6-15(7-10)3-4-20-14(15)23/h1-2,5,8,10,21-22H,3-4,6-7H2,(H,20,23). The van der Waals surface area contributed by atoms with Gasteiger partial charge in [0.25, 0.3) is 0 Å². The second-order valence-electron chi connectivity index (χ2n) is 6.92. The van der Waals surface area contributed by atoms with Crippen molar-refractivity contribution in [3.05, 3.63) is 30.0 Å². The third-order valence-electron chi connectivity index (χ3n) is 5.23. The molecule has 1 saturated carbocycles. The molecule has 0 atom stereocenters. The molecule has 1 aromatic carbocycles. The first kappa shape index (κ1) is 17.3. The van der Waals surface area contributed by atoms with Gasteiger partial charge in [0.2, 0.25) is 15.9 Å². The van der Waals surface area contributed by atoms with Gasteiger partial charge in [0.15, 0.2) is 0 Å². The molecule has 0 unspecified atom stereocenters. The second kappa shape index (κ2) is 5.46. The summed E-state index contributed by atoms with van der Waals surface area (Å²) in [5.41, 5.74) is -1.23. The zero-order valence-electron chi connectivity index (χ0n) is 13.5. The molecule has 0 radical (unpaired) electrons. The van der Waals surface area contributed by atoms with Gasteiger partial charge in [-0.15, -0.1) is 0 Å². The SMILES string of the molecule is O=C1NCCC12CC(NS(=O)(=O)c1c[nH]c3cc(C(F)(F)F)ccc13)C2. The van der Waals surface area contributed by atoms with Crippen LogP contribution in [0.15, 0.2) is 29.3 Å². The number of aromatic nitrogens is 1. The van der Waals surface area contributed by atoms with Gasteiger partial charge in [-0.2, -0.15) is 13.2 Å². The van der Waals surface area contributed by atoms with E-state index in [0.29, 0.717) is 25.8 Å². The first-order valence-corrected chi connectivity index (χ1v) is 9.58. The lowest BCUT2D eigenvalue weighted by Crippen LogP contribution is -2.53. The van der Waals surface area contributed by atoms with E-state index in [4.69, 9.17) is 0 Å². The van der Waals surface area contributed by atoms with Crippen LogP contribution in [0, 0.1) is 5.41 Å². The van der Waals surface area contributed by atoms with Crippen LogP contribution >= 0.6 is 0 Å². The van der Waals surface area contributed by atoms with E-state index in [1.807, 2.05) is 0 Å². The predicted molar refractivity (Wildman–Crippen MR) is 86.7 cm³/mol. The molecule has 3 N–H and O–H groups in total. The Labute approximate surface area is 147 Å². The van der Waals surface area contributed by atoms with Crippen molar-refractivity contribution in [3.63, 3.8) is 0 Å². The van der Waals surface area contributed by atoms with E-state index in [1.165, 1.54) is 6.20 Å². The van der Waals surface area contributed by atoms with Crippen LogP contribution in [0.1, 0.15) is 24.8 Å². The minimum atomic E-state index is -4.50. The quantitative estimate of drug-likeness (QED) is 0.754. The van der Waals surface area contributed by atoms with Crippen LogP contribution in [0.5, 0.6) is 0 Å². The lowest BCUT2D eigenvalue weighted by molar-refractivity contribution is -0.137. The van der Waals surface area contributed by atoms with Gasteiger partial charge in [0.05, 0.1) is 11.0 Å². The van der Waals surface area contributed by atoms with Crippen molar-refractivity contribution in [2.45, 2.75) is 36.4 Å². The van der Waals surface area contributed by atoms with E-state index in [0.717, 1.165) is 18.2 Å². The van der Waals surface area contributed by atoms with Crippen LogP contribution in [-0.4, -0.2) is 31.9 Å². The Hall–Kier alpha value is -2.07. The van der Waals surface area contributed by atoms with Crippen molar-refractivity contribution in [2.24, 2.45) is 5.41 Å². The summed E-state index contributed by atoms with van der Waals surface area (Å²) >= 11 is 0. The Morgan fingerprint density at radius 3 is 2.58 bits per heavy atom. The van der Waals surface area contributed by atoms with Crippen LogP contribution < -0.4 is 10.0 Å². The van der Waals surface area contributed by atoms with Crippen molar-refractivity contribution < 1.29 is 26.4 Å². The molecule has 1 aromatic heterocycles. The van der Waals surface area contributed by atoms with Gasteiger partial charge < -0.3 is 10.3 Å². The van der Waals surface area contributed by atoms with Gasteiger partial charge in [-0.05, 0) is 31.4 Å². The zero-order chi connectivity index (χ0) is 18.7. The molecule has 6 nitrogen and oxygen atoms in total. The van der Waals surface area contributed by atoms with Crippen LogP contribution in [0.4, 0.5) is 13.2 Å². The van der Waals surface area contributed by atoms with Gasteiger partial charge in [-0.25, -0.2) is 13.1 Å². The predicted octanol–water partition coefficient (Wildman–Crippen LogP) is 2.13. The number of fused-ring (bicyclic) bond motifs is 1. The number of hydrogen-bond donors (Lipinski definition) is 3. The van der Waals surface area contributed by atoms with Crippen LogP contribution in [0.25, 0.3) is 10.9 Å². The normalized spacial score (nSPS) is 26.3. The molecule has 1 saturated heterocycles. The lowest BCUT2D eigenvalue weighted by Gasteiger charge is -2.42. The third-order valence-corrected chi connectivity index (χ3v) is 6.79. The van der Waals surface area contributed by atoms with Crippen LogP contribution in [0.2, 0.25) is 0 Å². The molecule has 1 aliphatic carbocycles. The van der Waals surface area contributed by atoms with Crippen LogP contribution in [0.3, 0.4) is 0 Å². The average Bonchev–Trinajstić information content (AvgIpc) is 3.09. The Morgan fingerprint density at radius 1 is 1.23 bits per heavy atom. The molecule has 26 heavy (non-hydrogen) atoms. The number of halogens is 3. The number of nitrogens with one attached hydrogen (secondary N) is 3. The smallest absolute Gasteiger partial charge is 0.360 e. The second-order valence-corrected chi connectivity index (χ2v) is 8.61. The molecule has 1 spiro atoms. The molecule has 1 amide bonds. The maximum Gasteiger partial charge on any atom is 0.416 e. The summed E-state index contributed by atoms with van der Waals surface area (Å²) in [6, 6.07) is 2.53. The number of carbonyl (C=O) groups excluding carboxylic acids is 1. The number of aromatic amines is 1. The van der Waals surface area contributed by atoms with E-state index in [9.17, 15) is 26.4 Å². The summed E-state index contributed by atoms with van der Waals surface area (Å²) in [6.07, 6.45) is -1.77. The van der Waals surface area contributed by atoms with Gasteiger partial charge in [-0.1, -0.05) is 6.07 Å². The highest BCUT2D eigenvalue weighted by molar-refractivity contribution is 7.89. The molecule has 140 valence electrons. The topological polar surface area (TPSA) is 91.1 Å². The number of rotatable bonds is 3. The maximum atomic E-state index is 12.8. The highest BCUT2D eigenvalue weighted by Crippen LogP contribution is 2.47.